The molecule has 2 aromatic rings. The second-order valence-corrected chi connectivity index (χ2v) is 5.70. The number of nitrogens with one attached hydrogen (secondary N) is 1. The van der Waals surface area contributed by atoms with Crippen molar-refractivity contribution >= 4 is 11.8 Å². The molecule has 23 heavy (non-hydrogen) atoms. The van der Waals surface area contributed by atoms with E-state index in [2.05, 4.69) is 17.4 Å². The largest absolute Gasteiger partial charge is 0.460 e. The van der Waals surface area contributed by atoms with E-state index in [4.69, 9.17) is 14.7 Å². The predicted octanol–water partition coefficient (Wildman–Crippen LogP) is 3.92. The van der Waals surface area contributed by atoms with Crippen LogP contribution in [0.5, 0.6) is 0 Å². The molecule has 0 atom stereocenters. The van der Waals surface area contributed by atoms with E-state index in [0.717, 1.165) is 18.6 Å². The number of anilines is 1. The lowest BCUT2D eigenvalue weighted by Gasteiger charge is -2.05. The minimum absolute atomic E-state index is 0.00880. The normalized spacial score (nSPS) is 10.9. The number of carbonyl (C=O) groups is 1. The van der Waals surface area contributed by atoms with Crippen molar-refractivity contribution in [3.8, 4) is 11.5 Å². The van der Waals surface area contributed by atoms with Crippen LogP contribution >= 0.6 is 0 Å². The number of rotatable bonds is 9. The summed E-state index contributed by atoms with van der Waals surface area (Å²) >= 11 is 0. The number of aryl methyl sites for hydroxylation is 1. The van der Waals surface area contributed by atoms with Gasteiger partial charge in [0.2, 0.25) is 5.88 Å². The highest BCUT2D eigenvalue weighted by atomic mass is 16.5. The van der Waals surface area contributed by atoms with Gasteiger partial charge in [-0.1, -0.05) is 44.2 Å². The smallest absolute Gasteiger partial charge is 0.259 e. The minimum atomic E-state index is -0.277. The Hall–Kier alpha value is -2.24. The fourth-order valence-corrected chi connectivity index (χ4v) is 2.45. The van der Waals surface area contributed by atoms with E-state index in [0.29, 0.717) is 18.0 Å². The maximum Gasteiger partial charge on any atom is 0.259 e. The number of amides is 1. The maximum absolute atomic E-state index is 12.3. The van der Waals surface area contributed by atoms with E-state index in [9.17, 15) is 4.79 Å². The van der Waals surface area contributed by atoms with Crippen molar-refractivity contribution in [3.05, 3.63) is 23.5 Å². The average molecular weight is 319 g/mol. The van der Waals surface area contributed by atoms with E-state index in [1.165, 1.54) is 25.7 Å². The van der Waals surface area contributed by atoms with Crippen LogP contribution in [0.1, 0.15) is 61.6 Å². The Bertz CT molecular complexity index is 631. The highest BCUT2D eigenvalue weighted by Crippen LogP contribution is 2.28. The number of nitrogens with zero attached hydrogens (tertiary/aromatic N) is 1. The number of nitrogen functional groups attached to an aromatic ring is 1. The molecule has 0 aliphatic heterocycles. The van der Waals surface area contributed by atoms with Crippen LogP contribution in [-0.4, -0.2) is 17.6 Å². The third-order valence-corrected chi connectivity index (χ3v) is 3.74. The zero-order chi connectivity index (χ0) is 16.7. The number of hydrogen-bond donors (Lipinski definition) is 2. The molecule has 2 heterocycles. The Balaban J connectivity index is 1.89. The fraction of sp³-hybridized carbons (Fsp3) is 0.529. The summed E-state index contributed by atoms with van der Waals surface area (Å²) in [6.07, 6.45) is 7.04. The van der Waals surface area contributed by atoms with Crippen LogP contribution in [0.25, 0.3) is 11.5 Å². The fourth-order valence-electron chi connectivity index (χ4n) is 2.45. The molecular formula is C17H25N3O3. The van der Waals surface area contributed by atoms with Gasteiger partial charge < -0.3 is 20.0 Å². The third kappa shape index (κ3) is 4.61. The molecule has 0 aliphatic rings. The van der Waals surface area contributed by atoms with Crippen molar-refractivity contribution in [3.63, 3.8) is 0 Å². The first kappa shape index (κ1) is 17.1. The number of nitrogens with two attached hydrogens (primary N) is 1. The quantitative estimate of drug-likeness (QED) is 0.683. The summed E-state index contributed by atoms with van der Waals surface area (Å²) in [6, 6.07) is 3.55. The third-order valence-electron chi connectivity index (χ3n) is 3.74. The predicted molar refractivity (Wildman–Crippen MR) is 89.1 cm³/mol. The van der Waals surface area contributed by atoms with Gasteiger partial charge in [-0.05, 0) is 25.5 Å². The summed E-state index contributed by atoms with van der Waals surface area (Å²) in [6.45, 7) is 4.64. The molecule has 0 unspecified atom stereocenters. The van der Waals surface area contributed by atoms with Crippen LogP contribution in [0.2, 0.25) is 0 Å². The minimum Gasteiger partial charge on any atom is -0.460 e. The van der Waals surface area contributed by atoms with Gasteiger partial charge in [0.15, 0.2) is 11.5 Å². The number of carbonyl (C=O) groups excluding carboxylic acids is 1. The summed E-state index contributed by atoms with van der Waals surface area (Å²) in [5.41, 5.74) is 6.32. The molecule has 0 saturated carbocycles. The zero-order valence-electron chi connectivity index (χ0n) is 13.9. The summed E-state index contributed by atoms with van der Waals surface area (Å²) < 4.78 is 10.5. The van der Waals surface area contributed by atoms with E-state index < -0.39 is 0 Å². The molecule has 0 spiro atoms. The summed E-state index contributed by atoms with van der Waals surface area (Å²) in [4.78, 5) is 12.3. The van der Waals surface area contributed by atoms with Gasteiger partial charge in [-0.25, -0.2) is 0 Å². The first-order valence-corrected chi connectivity index (χ1v) is 8.23. The molecule has 0 saturated heterocycles. The van der Waals surface area contributed by atoms with Gasteiger partial charge in [-0.15, -0.1) is 0 Å². The summed E-state index contributed by atoms with van der Waals surface area (Å²) in [5, 5.41) is 6.72. The van der Waals surface area contributed by atoms with Crippen LogP contribution < -0.4 is 11.1 Å². The summed E-state index contributed by atoms with van der Waals surface area (Å²) in [5.74, 6) is 0.948. The summed E-state index contributed by atoms with van der Waals surface area (Å²) in [7, 11) is 0. The Morgan fingerprint density at radius 1 is 1.22 bits per heavy atom. The molecule has 0 aliphatic carbocycles. The van der Waals surface area contributed by atoms with Crippen LogP contribution in [0.4, 0.5) is 5.88 Å². The van der Waals surface area contributed by atoms with Crippen molar-refractivity contribution in [2.75, 3.05) is 12.3 Å². The van der Waals surface area contributed by atoms with E-state index in [1.54, 1.807) is 12.1 Å². The monoisotopic (exact) mass is 319 g/mol. The van der Waals surface area contributed by atoms with Crippen molar-refractivity contribution in [1.82, 2.24) is 10.5 Å². The molecular weight excluding hydrogens is 294 g/mol. The molecule has 2 aromatic heterocycles. The lowest BCUT2D eigenvalue weighted by atomic mass is 10.1. The number of aromatic nitrogens is 1. The van der Waals surface area contributed by atoms with Crippen molar-refractivity contribution in [1.29, 1.82) is 0 Å². The van der Waals surface area contributed by atoms with Crippen LogP contribution in [-0.2, 0) is 0 Å². The van der Waals surface area contributed by atoms with Gasteiger partial charge in [0.05, 0.1) is 0 Å². The molecule has 6 nitrogen and oxygen atoms in total. The zero-order valence-corrected chi connectivity index (χ0v) is 13.9. The molecule has 0 bridgehead atoms. The Morgan fingerprint density at radius 2 is 1.96 bits per heavy atom. The topological polar surface area (TPSA) is 94.3 Å². The van der Waals surface area contributed by atoms with E-state index in [1.807, 2.05) is 6.92 Å². The standard InChI is InChI=1S/C17H25N3O3/c1-3-4-5-6-7-8-11-19-17(21)14-15(20-23-16(14)18)13-10-9-12(2)22-13/h9-10H,3-8,11,18H2,1-2H3,(H,19,21). The molecule has 126 valence electrons. The number of furan rings is 1. The van der Waals surface area contributed by atoms with Crippen LogP contribution in [0.3, 0.4) is 0 Å². The van der Waals surface area contributed by atoms with E-state index in [-0.39, 0.29) is 17.4 Å². The van der Waals surface area contributed by atoms with Gasteiger partial charge in [0.25, 0.3) is 5.91 Å². The van der Waals surface area contributed by atoms with E-state index >= 15 is 0 Å². The number of unbranched alkanes of at least 4 members (excludes halogenated alkanes) is 5. The van der Waals surface area contributed by atoms with Gasteiger partial charge in [0, 0.05) is 6.54 Å². The van der Waals surface area contributed by atoms with Crippen molar-refractivity contribution in [2.24, 2.45) is 0 Å². The lowest BCUT2D eigenvalue weighted by Crippen LogP contribution is -2.25. The molecule has 0 radical (unpaired) electrons. The van der Waals surface area contributed by atoms with Crippen molar-refractivity contribution in [2.45, 2.75) is 52.4 Å². The van der Waals surface area contributed by atoms with Gasteiger partial charge in [0.1, 0.15) is 11.3 Å². The Kier molecular flexibility index (Phi) is 6.26. The molecule has 0 aromatic carbocycles. The van der Waals surface area contributed by atoms with Crippen molar-refractivity contribution < 1.29 is 13.7 Å². The van der Waals surface area contributed by atoms with Gasteiger partial charge >= 0.3 is 0 Å². The first-order chi connectivity index (χ1) is 11.1. The molecule has 0 fully saturated rings. The lowest BCUT2D eigenvalue weighted by molar-refractivity contribution is 0.0954. The SMILES string of the molecule is CCCCCCCCNC(=O)c1c(-c2ccc(C)o2)noc1N. The van der Waals surface area contributed by atoms with Gasteiger partial charge in [-0.3, -0.25) is 4.79 Å². The molecule has 3 N–H and O–H groups in total. The average Bonchev–Trinajstić information content (AvgIpc) is 3.12. The number of hydrogen-bond acceptors (Lipinski definition) is 5. The first-order valence-electron chi connectivity index (χ1n) is 8.23. The van der Waals surface area contributed by atoms with Gasteiger partial charge in [-0.2, -0.15) is 0 Å². The molecule has 1 amide bonds. The van der Waals surface area contributed by atoms with Crippen LogP contribution in [0, 0.1) is 6.92 Å². The second-order valence-electron chi connectivity index (χ2n) is 5.70. The Labute approximate surface area is 136 Å². The second kappa shape index (κ2) is 8.41. The Morgan fingerprint density at radius 3 is 2.65 bits per heavy atom. The highest BCUT2D eigenvalue weighted by Gasteiger charge is 2.24. The maximum atomic E-state index is 12.3. The van der Waals surface area contributed by atoms with Crippen LogP contribution in [0.15, 0.2) is 21.1 Å². The highest BCUT2D eigenvalue weighted by molar-refractivity contribution is 6.03. The molecule has 2 rings (SSSR count). The molecule has 6 heteroatoms.